The summed E-state index contributed by atoms with van der Waals surface area (Å²) in [7, 11) is 0. The molecule has 0 saturated carbocycles. The summed E-state index contributed by atoms with van der Waals surface area (Å²) >= 11 is 0. The molecule has 1 aliphatic heterocycles. The average molecular weight is 408 g/mol. The molecule has 11 heteroatoms. The highest BCUT2D eigenvalue weighted by Crippen LogP contribution is 2.40. The van der Waals surface area contributed by atoms with Crippen LogP contribution in [0.4, 0.5) is 33.7 Å². The summed E-state index contributed by atoms with van der Waals surface area (Å²) in [5.74, 6) is -2.02. The second kappa shape index (κ2) is 7.72. The molecular weight excluding hydrogens is 388 g/mol. The van der Waals surface area contributed by atoms with Crippen molar-refractivity contribution in [1.82, 2.24) is 0 Å². The van der Waals surface area contributed by atoms with E-state index in [1.807, 2.05) is 0 Å². The average Bonchev–Trinajstić information content (AvgIpc) is 2.56. The Bertz CT molecular complexity index is 780. The second-order valence-corrected chi connectivity index (χ2v) is 6.81. The highest BCUT2D eigenvalue weighted by Gasteiger charge is 2.51. The first-order chi connectivity index (χ1) is 12.8. The number of nitrogens with one attached hydrogen (secondary N) is 2. The number of hydrogen-bond donors (Lipinski definition) is 3. The maximum absolute atomic E-state index is 14.4. The van der Waals surface area contributed by atoms with Crippen molar-refractivity contribution >= 4 is 23.4 Å². The Labute approximate surface area is 158 Å². The van der Waals surface area contributed by atoms with Gasteiger partial charge in [-0.3, -0.25) is 10.1 Å². The van der Waals surface area contributed by atoms with Crippen molar-refractivity contribution in [3.8, 4) is 5.75 Å². The van der Waals surface area contributed by atoms with Gasteiger partial charge in [-0.05, 0) is 32.8 Å². The van der Waals surface area contributed by atoms with Gasteiger partial charge in [0.25, 0.3) is 0 Å². The summed E-state index contributed by atoms with van der Waals surface area (Å²) < 4.78 is 62.8. The molecule has 1 aromatic carbocycles. The van der Waals surface area contributed by atoms with Crippen molar-refractivity contribution < 1.29 is 41.7 Å². The van der Waals surface area contributed by atoms with Crippen molar-refractivity contribution in [3.05, 3.63) is 17.4 Å². The van der Waals surface area contributed by atoms with E-state index in [-0.39, 0.29) is 36.5 Å². The minimum Gasteiger partial charge on any atom is -0.483 e. The lowest BCUT2D eigenvalue weighted by Crippen LogP contribution is -2.44. The predicted molar refractivity (Wildman–Crippen MR) is 91.2 cm³/mol. The maximum Gasteiger partial charge on any atom is 0.427 e. The van der Waals surface area contributed by atoms with E-state index < -0.39 is 35.8 Å². The van der Waals surface area contributed by atoms with Crippen LogP contribution in [0.3, 0.4) is 0 Å². The third-order valence-electron chi connectivity index (χ3n) is 4.23. The van der Waals surface area contributed by atoms with Crippen LogP contribution in [-0.2, 0) is 9.53 Å². The van der Waals surface area contributed by atoms with E-state index in [1.165, 1.54) is 6.92 Å². The minimum absolute atomic E-state index is 0.0840. The Morgan fingerprint density at radius 1 is 1.39 bits per heavy atom. The number of carbonyl (C=O) groups excluding carboxylic acids is 1. The third kappa shape index (κ3) is 4.76. The number of amides is 1. The number of anilines is 2. The van der Waals surface area contributed by atoms with Crippen molar-refractivity contribution in [2.75, 3.05) is 17.2 Å². The molecule has 0 saturated heterocycles. The Balaban J connectivity index is 2.16. The zero-order valence-corrected chi connectivity index (χ0v) is 15.4. The van der Waals surface area contributed by atoms with Crippen LogP contribution in [0.2, 0.25) is 0 Å². The van der Waals surface area contributed by atoms with E-state index in [4.69, 9.17) is 9.84 Å². The Hall–Kier alpha value is -2.72. The maximum atomic E-state index is 14.4. The van der Waals surface area contributed by atoms with Gasteiger partial charge < -0.3 is 19.9 Å². The molecule has 0 spiro atoms. The van der Waals surface area contributed by atoms with Crippen LogP contribution < -0.4 is 15.4 Å². The molecule has 1 heterocycles. The van der Waals surface area contributed by atoms with Gasteiger partial charge in [-0.2, -0.15) is 13.2 Å². The fourth-order valence-electron chi connectivity index (χ4n) is 2.48. The first kappa shape index (κ1) is 21.6. The number of hydrogen-bond acceptors (Lipinski definition) is 5. The number of aliphatic carboxylic acids is 1. The van der Waals surface area contributed by atoms with Crippen LogP contribution in [0.15, 0.2) is 6.07 Å². The summed E-state index contributed by atoms with van der Waals surface area (Å²) in [5.41, 5.74) is -2.26. The van der Waals surface area contributed by atoms with Gasteiger partial charge in [0.2, 0.25) is 5.60 Å². The number of benzene rings is 1. The highest BCUT2D eigenvalue weighted by molar-refractivity contribution is 5.88. The summed E-state index contributed by atoms with van der Waals surface area (Å²) in [4.78, 5) is 22.5. The second-order valence-electron chi connectivity index (χ2n) is 6.81. The van der Waals surface area contributed by atoms with Crippen LogP contribution in [-0.4, -0.2) is 41.6 Å². The van der Waals surface area contributed by atoms with Crippen molar-refractivity contribution in [2.45, 2.75) is 51.5 Å². The molecular formula is C17H20F4N2O5. The number of carboxylic acids is 1. The van der Waals surface area contributed by atoms with E-state index in [1.54, 1.807) is 0 Å². The number of fused-ring (bicyclic) bond motifs is 1. The monoisotopic (exact) mass is 408 g/mol. The Morgan fingerprint density at radius 2 is 2.04 bits per heavy atom. The molecule has 0 bridgehead atoms. The van der Waals surface area contributed by atoms with Crippen molar-refractivity contribution in [2.24, 2.45) is 0 Å². The standard InChI is InChI=1S/C17H20F4N2O5/c1-8-11(23-15(26)28-16(2,3)17(19,20)21)6-10(18)14-13(8)22-7-9(27-14)4-5-12(24)25/h6,9,22H,4-5,7H2,1-3H3,(H,23,26)(H,24,25). The van der Waals surface area contributed by atoms with Crippen LogP contribution in [0.25, 0.3) is 0 Å². The van der Waals surface area contributed by atoms with Crippen LogP contribution in [0, 0.1) is 12.7 Å². The van der Waals surface area contributed by atoms with E-state index in [9.17, 15) is 27.2 Å². The first-order valence-corrected chi connectivity index (χ1v) is 8.34. The largest absolute Gasteiger partial charge is 0.483 e. The molecule has 156 valence electrons. The molecule has 7 nitrogen and oxygen atoms in total. The van der Waals surface area contributed by atoms with Crippen LogP contribution in [0.5, 0.6) is 5.75 Å². The van der Waals surface area contributed by atoms with Gasteiger partial charge in [-0.1, -0.05) is 0 Å². The molecule has 0 aliphatic carbocycles. The SMILES string of the molecule is Cc1c(NC(=O)OC(C)(C)C(F)(F)F)cc(F)c2c1NCC(CCC(=O)O)O2. The molecule has 1 atom stereocenters. The topological polar surface area (TPSA) is 96.9 Å². The lowest BCUT2D eigenvalue weighted by atomic mass is 10.1. The molecule has 1 aromatic rings. The lowest BCUT2D eigenvalue weighted by molar-refractivity contribution is -0.242. The van der Waals surface area contributed by atoms with E-state index in [0.29, 0.717) is 19.4 Å². The summed E-state index contributed by atoms with van der Waals surface area (Å²) in [6.07, 6.45) is -6.71. The van der Waals surface area contributed by atoms with Crippen molar-refractivity contribution in [3.63, 3.8) is 0 Å². The van der Waals surface area contributed by atoms with Crippen LogP contribution in [0.1, 0.15) is 32.3 Å². The number of alkyl halides is 3. The number of carboxylic acid groups (broad SMARTS) is 1. The number of halogens is 4. The molecule has 0 aromatic heterocycles. The highest BCUT2D eigenvalue weighted by atomic mass is 19.4. The summed E-state index contributed by atoms with van der Waals surface area (Å²) in [5, 5.41) is 13.7. The molecule has 0 fully saturated rings. The van der Waals surface area contributed by atoms with Gasteiger partial charge in [0.15, 0.2) is 11.6 Å². The molecule has 3 N–H and O–H groups in total. The van der Waals surface area contributed by atoms with Gasteiger partial charge in [0.1, 0.15) is 6.10 Å². The zero-order valence-electron chi connectivity index (χ0n) is 15.4. The van der Waals surface area contributed by atoms with E-state index >= 15 is 0 Å². The zero-order chi connectivity index (χ0) is 21.3. The quantitative estimate of drug-likeness (QED) is 0.636. The van der Waals surface area contributed by atoms with E-state index in [0.717, 1.165) is 6.07 Å². The molecule has 1 amide bonds. The van der Waals surface area contributed by atoms with Gasteiger partial charge in [0.05, 0.1) is 17.9 Å². The lowest BCUT2D eigenvalue weighted by Gasteiger charge is -2.30. The van der Waals surface area contributed by atoms with Gasteiger partial charge >= 0.3 is 18.2 Å². The van der Waals surface area contributed by atoms with Gasteiger partial charge in [0, 0.05) is 12.5 Å². The molecule has 0 radical (unpaired) electrons. The van der Waals surface area contributed by atoms with Gasteiger partial charge in [-0.15, -0.1) is 0 Å². The molecule has 28 heavy (non-hydrogen) atoms. The number of rotatable bonds is 5. The first-order valence-electron chi connectivity index (χ1n) is 8.34. The number of carbonyl (C=O) groups is 2. The number of ether oxygens (including phenoxy) is 2. The molecule has 2 rings (SSSR count). The fourth-order valence-corrected chi connectivity index (χ4v) is 2.48. The predicted octanol–water partition coefficient (Wildman–Crippen LogP) is 4.06. The fraction of sp³-hybridized carbons (Fsp3) is 0.529. The third-order valence-corrected chi connectivity index (χ3v) is 4.23. The smallest absolute Gasteiger partial charge is 0.427 e. The minimum atomic E-state index is -4.78. The normalized spacial score (nSPS) is 16.5. The molecule has 1 unspecified atom stereocenters. The Morgan fingerprint density at radius 3 is 2.61 bits per heavy atom. The summed E-state index contributed by atoms with van der Waals surface area (Å²) in [6.45, 7) is 3.10. The van der Waals surface area contributed by atoms with E-state index in [2.05, 4.69) is 15.4 Å². The van der Waals surface area contributed by atoms with Crippen LogP contribution >= 0.6 is 0 Å². The summed E-state index contributed by atoms with van der Waals surface area (Å²) in [6, 6.07) is 0.900. The Kier molecular flexibility index (Phi) is 5.95. The molecule has 1 aliphatic rings. The van der Waals surface area contributed by atoms with Crippen molar-refractivity contribution in [1.29, 1.82) is 0 Å². The van der Waals surface area contributed by atoms with Gasteiger partial charge in [-0.25, -0.2) is 9.18 Å².